The van der Waals surface area contributed by atoms with Crippen LogP contribution in [0.4, 0.5) is 5.69 Å². The topological polar surface area (TPSA) is 104 Å². The maximum absolute atomic E-state index is 12.6. The molecule has 0 radical (unpaired) electrons. The first kappa shape index (κ1) is 17.9. The monoisotopic (exact) mass is 351 g/mol. The van der Waals surface area contributed by atoms with E-state index in [2.05, 4.69) is 10.6 Å². The average molecular weight is 351 g/mol. The molecule has 8 heteroatoms. The molecule has 0 unspecified atom stereocenters. The highest BCUT2D eigenvalue weighted by molar-refractivity contribution is 6.04. The number of nitrogens with zero attached hydrogens (tertiary/aromatic N) is 1. The molecule has 25 heavy (non-hydrogen) atoms. The van der Waals surface area contributed by atoms with Crippen molar-refractivity contribution >= 4 is 17.5 Å². The van der Waals surface area contributed by atoms with Gasteiger partial charge in [-0.15, -0.1) is 0 Å². The standard InChI is InChI=1S/C17H25N3O5/c1-11-6-24-10-17(9-21,20(11)2)8-18-16(23)12-7-25-13-4-3-5-14(22)19-15(12)13/h7,11,21H,3-6,8-10H2,1-2H3,(H,18,23)(H,19,22)/t11-,17+/m1/s1. The van der Waals surface area contributed by atoms with Crippen LogP contribution in [-0.2, 0) is 16.0 Å². The average Bonchev–Trinajstić information content (AvgIpc) is 2.89. The molecule has 2 amide bonds. The lowest BCUT2D eigenvalue weighted by Crippen LogP contribution is -2.65. The molecule has 0 spiro atoms. The highest BCUT2D eigenvalue weighted by Gasteiger charge is 2.41. The van der Waals surface area contributed by atoms with Crippen molar-refractivity contribution in [3.05, 3.63) is 17.6 Å². The van der Waals surface area contributed by atoms with Crippen LogP contribution in [-0.4, -0.2) is 66.8 Å². The number of fused-ring (bicyclic) bond motifs is 1. The molecule has 1 aromatic rings. The number of furan rings is 1. The number of carbonyl (C=O) groups is 2. The molecule has 2 atom stereocenters. The highest BCUT2D eigenvalue weighted by Crippen LogP contribution is 2.28. The number of aryl methyl sites for hydroxylation is 1. The van der Waals surface area contributed by atoms with Crippen molar-refractivity contribution in [2.45, 2.75) is 37.8 Å². The van der Waals surface area contributed by atoms with Crippen LogP contribution in [0.2, 0.25) is 0 Å². The van der Waals surface area contributed by atoms with Gasteiger partial charge in [-0.25, -0.2) is 0 Å². The molecular weight excluding hydrogens is 326 g/mol. The van der Waals surface area contributed by atoms with Gasteiger partial charge in [0.1, 0.15) is 17.6 Å². The Bertz CT molecular complexity index is 659. The lowest BCUT2D eigenvalue weighted by molar-refractivity contribution is -0.116. The molecule has 3 N–H and O–H groups in total. The Morgan fingerprint density at radius 3 is 3.08 bits per heavy atom. The summed E-state index contributed by atoms with van der Waals surface area (Å²) < 4.78 is 11.0. The number of anilines is 1. The van der Waals surface area contributed by atoms with E-state index in [-0.39, 0.29) is 31.0 Å². The Balaban J connectivity index is 1.73. The molecule has 0 aliphatic carbocycles. The summed E-state index contributed by atoms with van der Waals surface area (Å²) in [5, 5.41) is 15.5. The van der Waals surface area contributed by atoms with E-state index in [0.717, 1.165) is 0 Å². The minimum Gasteiger partial charge on any atom is -0.466 e. The third-order valence-corrected chi connectivity index (χ3v) is 5.20. The number of hydrogen-bond acceptors (Lipinski definition) is 6. The van der Waals surface area contributed by atoms with Gasteiger partial charge < -0.3 is 24.9 Å². The summed E-state index contributed by atoms with van der Waals surface area (Å²) in [7, 11) is 1.92. The van der Waals surface area contributed by atoms with Crippen LogP contribution in [0.5, 0.6) is 0 Å². The predicted molar refractivity (Wildman–Crippen MR) is 90.5 cm³/mol. The largest absolute Gasteiger partial charge is 0.466 e. The molecule has 1 saturated heterocycles. The zero-order valence-electron chi connectivity index (χ0n) is 14.6. The van der Waals surface area contributed by atoms with Crippen molar-refractivity contribution in [3.63, 3.8) is 0 Å². The van der Waals surface area contributed by atoms with Crippen LogP contribution in [0.15, 0.2) is 10.7 Å². The normalized spacial score (nSPS) is 27.3. The molecule has 0 aromatic carbocycles. The fraction of sp³-hybridized carbons (Fsp3) is 0.647. The second kappa shape index (κ2) is 7.15. The van der Waals surface area contributed by atoms with Crippen molar-refractivity contribution in [3.8, 4) is 0 Å². The molecule has 8 nitrogen and oxygen atoms in total. The second-order valence-corrected chi connectivity index (χ2v) is 6.89. The van der Waals surface area contributed by atoms with Gasteiger partial charge in [0, 0.05) is 25.4 Å². The molecule has 3 heterocycles. The van der Waals surface area contributed by atoms with Crippen LogP contribution < -0.4 is 10.6 Å². The predicted octanol–water partition coefficient (Wildman–Crippen LogP) is 0.366. The Hall–Kier alpha value is -1.90. The molecule has 138 valence electrons. The van der Waals surface area contributed by atoms with E-state index < -0.39 is 5.54 Å². The number of aliphatic hydroxyl groups is 1. The van der Waals surface area contributed by atoms with E-state index in [1.807, 2.05) is 18.9 Å². The quantitative estimate of drug-likeness (QED) is 0.724. The maximum Gasteiger partial charge on any atom is 0.256 e. The zero-order chi connectivity index (χ0) is 18.0. The summed E-state index contributed by atoms with van der Waals surface area (Å²) in [4.78, 5) is 26.4. The van der Waals surface area contributed by atoms with Crippen LogP contribution in [0.1, 0.15) is 35.9 Å². The number of aliphatic hydroxyl groups excluding tert-OH is 1. The number of morpholine rings is 1. The molecule has 1 aromatic heterocycles. The fourth-order valence-electron chi connectivity index (χ4n) is 3.33. The molecule has 3 rings (SSSR count). The van der Waals surface area contributed by atoms with E-state index in [1.165, 1.54) is 6.26 Å². The van der Waals surface area contributed by atoms with Crippen molar-refractivity contribution in [1.29, 1.82) is 0 Å². The van der Waals surface area contributed by atoms with E-state index in [1.54, 1.807) is 0 Å². The SMILES string of the molecule is C[C@@H]1COC[C@@](CO)(CNC(=O)c2coc3c2NC(=O)CCC3)N1C. The Morgan fingerprint density at radius 1 is 1.52 bits per heavy atom. The first-order valence-electron chi connectivity index (χ1n) is 8.57. The van der Waals surface area contributed by atoms with Gasteiger partial charge >= 0.3 is 0 Å². The van der Waals surface area contributed by atoms with Crippen molar-refractivity contribution in [2.24, 2.45) is 0 Å². The van der Waals surface area contributed by atoms with Crippen molar-refractivity contribution in [1.82, 2.24) is 10.2 Å². The number of rotatable bonds is 4. The smallest absolute Gasteiger partial charge is 0.256 e. The van der Waals surface area contributed by atoms with Gasteiger partial charge in [-0.05, 0) is 20.4 Å². The van der Waals surface area contributed by atoms with Gasteiger partial charge in [0.25, 0.3) is 5.91 Å². The van der Waals surface area contributed by atoms with Crippen LogP contribution in [0, 0.1) is 0 Å². The van der Waals surface area contributed by atoms with Gasteiger partial charge in [0.15, 0.2) is 0 Å². The molecule has 0 saturated carbocycles. The lowest BCUT2D eigenvalue weighted by atomic mass is 9.96. The van der Waals surface area contributed by atoms with Crippen LogP contribution in [0.3, 0.4) is 0 Å². The first-order chi connectivity index (χ1) is 12.0. The summed E-state index contributed by atoms with van der Waals surface area (Å²) in [6.07, 6.45) is 3.11. The Labute approximate surface area is 146 Å². The number of carbonyl (C=O) groups excluding carboxylic acids is 2. The number of nitrogens with one attached hydrogen (secondary N) is 2. The maximum atomic E-state index is 12.6. The zero-order valence-corrected chi connectivity index (χ0v) is 14.6. The minimum absolute atomic E-state index is 0.115. The summed E-state index contributed by atoms with van der Waals surface area (Å²) >= 11 is 0. The number of likely N-dealkylation sites (N-methyl/N-ethyl adjacent to an activating group) is 1. The van der Waals surface area contributed by atoms with Gasteiger partial charge in [-0.3, -0.25) is 14.5 Å². The summed E-state index contributed by atoms with van der Waals surface area (Å²) in [6.45, 7) is 3.04. The molecule has 1 fully saturated rings. The van der Waals surface area contributed by atoms with Crippen LogP contribution >= 0.6 is 0 Å². The van der Waals surface area contributed by atoms with E-state index in [0.29, 0.717) is 49.5 Å². The van der Waals surface area contributed by atoms with Crippen LogP contribution in [0.25, 0.3) is 0 Å². The second-order valence-electron chi connectivity index (χ2n) is 6.89. The number of ether oxygens (including phenoxy) is 1. The molecule has 2 aliphatic rings. The van der Waals surface area contributed by atoms with E-state index in [4.69, 9.17) is 9.15 Å². The lowest BCUT2D eigenvalue weighted by Gasteiger charge is -2.47. The minimum atomic E-state index is -0.669. The summed E-state index contributed by atoms with van der Waals surface area (Å²) in [5.74, 6) is 0.168. The third-order valence-electron chi connectivity index (χ3n) is 5.20. The summed E-state index contributed by atoms with van der Waals surface area (Å²) in [6, 6.07) is 0.141. The van der Waals surface area contributed by atoms with E-state index >= 15 is 0 Å². The van der Waals surface area contributed by atoms with Gasteiger partial charge in [-0.1, -0.05) is 0 Å². The third kappa shape index (κ3) is 3.42. The number of hydrogen-bond donors (Lipinski definition) is 3. The van der Waals surface area contributed by atoms with Gasteiger partial charge in [0.05, 0.1) is 31.0 Å². The van der Waals surface area contributed by atoms with Crippen molar-refractivity contribution < 1.29 is 23.8 Å². The van der Waals surface area contributed by atoms with Gasteiger partial charge in [-0.2, -0.15) is 0 Å². The highest BCUT2D eigenvalue weighted by atomic mass is 16.5. The molecule has 0 bridgehead atoms. The molecule has 2 aliphatic heterocycles. The fourth-order valence-corrected chi connectivity index (χ4v) is 3.33. The molecular formula is C17H25N3O5. The van der Waals surface area contributed by atoms with Gasteiger partial charge in [0.2, 0.25) is 5.91 Å². The number of amides is 2. The Morgan fingerprint density at radius 2 is 2.32 bits per heavy atom. The summed E-state index contributed by atoms with van der Waals surface area (Å²) in [5.41, 5.74) is 0.0995. The first-order valence-corrected chi connectivity index (χ1v) is 8.57. The van der Waals surface area contributed by atoms with E-state index in [9.17, 15) is 14.7 Å². The Kier molecular flexibility index (Phi) is 5.12. The van der Waals surface area contributed by atoms with Crippen molar-refractivity contribution in [2.75, 3.05) is 38.7 Å².